The molecule has 0 saturated carbocycles. The molecule has 0 fully saturated rings. The van der Waals surface area contributed by atoms with Gasteiger partial charge in [0.15, 0.2) is 0 Å². The Kier molecular flexibility index (Phi) is 3.94. The van der Waals surface area contributed by atoms with Crippen molar-refractivity contribution in [1.82, 2.24) is 15.2 Å². The van der Waals surface area contributed by atoms with Gasteiger partial charge >= 0.3 is 5.69 Å². The second-order valence-electron chi connectivity index (χ2n) is 4.21. The minimum atomic E-state index is -0.663. The first-order valence-electron chi connectivity index (χ1n) is 5.82. The molecule has 0 bridgehead atoms. The van der Waals surface area contributed by atoms with Gasteiger partial charge in [-0.3, -0.25) is 15.2 Å². The minimum Gasteiger partial charge on any atom is -0.378 e. The summed E-state index contributed by atoms with van der Waals surface area (Å²) in [7, 11) is 3.91. The van der Waals surface area contributed by atoms with Crippen molar-refractivity contribution >= 4 is 17.7 Å². The third kappa shape index (κ3) is 3.31. The molecule has 0 spiro atoms. The van der Waals surface area contributed by atoms with E-state index in [9.17, 15) is 9.59 Å². The molecular weight excluding hydrogens is 260 g/mol. The Bertz CT molecular complexity index is 714. The van der Waals surface area contributed by atoms with Gasteiger partial charge < -0.3 is 4.90 Å². The van der Waals surface area contributed by atoms with Crippen molar-refractivity contribution in [3.63, 3.8) is 0 Å². The summed E-state index contributed by atoms with van der Waals surface area (Å²) in [6, 6.07) is 7.69. The summed E-state index contributed by atoms with van der Waals surface area (Å²) in [6.07, 6.45) is 1.55. The first kappa shape index (κ1) is 13.5. The lowest BCUT2D eigenvalue weighted by Crippen LogP contribution is -2.25. The van der Waals surface area contributed by atoms with Gasteiger partial charge in [-0.15, -0.1) is 5.10 Å². The summed E-state index contributed by atoms with van der Waals surface area (Å²) >= 11 is 0. The molecule has 2 aromatic rings. The van der Waals surface area contributed by atoms with Crippen LogP contribution in [0.3, 0.4) is 0 Å². The van der Waals surface area contributed by atoms with Crippen LogP contribution in [0.4, 0.5) is 11.5 Å². The average Bonchev–Trinajstić information content (AvgIpc) is 2.42. The highest BCUT2D eigenvalue weighted by Crippen LogP contribution is 2.10. The van der Waals surface area contributed by atoms with Crippen molar-refractivity contribution < 1.29 is 0 Å². The Balaban J connectivity index is 2.06. The molecule has 8 heteroatoms. The molecule has 0 radical (unpaired) electrons. The summed E-state index contributed by atoms with van der Waals surface area (Å²) < 4.78 is 0. The monoisotopic (exact) mass is 274 g/mol. The van der Waals surface area contributed by atoms with E-state index in [1.54, 1.807) is 6.21 Å². The fourth-order valence-electron chi connectivity index (χ4n) is 1.45. The second-order valence-corrected chi connectivity index (χ2v) is 4.21. The number of nitrogens with one attached hydrogen (secondary N) is 3. The molecule has 0 atom stereocenters. The normalized spacial score (nSPS) is 10.7. The van der Waals surface area contributed by atoms with Gasteiger partial charge in [-0.25, -0.2) is 9.89 Å². The van der Waals surface area contributed by atoms with Gasteiger partial charge in [-0.2, -0.15) is 5.10 Å². The van der Waals surface area contributed by atoms with E-state index in [2.05, 4.69) is 20.7 Å². The Morgan fingerprint density at radius 2 is 1.95 bits per heavy atom. The quantitative estimate of drug-likeness (QED) is 0.536. The van der Waals surface area contributed by atoms with Crippen LogP contribution in [0.1, 0.15) is 5.56 Å². The van der Waals surface area contributed by atoms with E-state index in [4.69, 9.17) is 0 Å². The SMILES string of the molecule is CN(C)c1ccc(/C=N/Nc2n[nH]c(=O)[nH]c2=O)cc1. The maximum Gasteiger partial charge on any atom is 0.342 e. The zero-order chi connectivity index (χ0) is 14.5. The Hall–Kier alpha value is -2.90. The van der Waals surface area contributed by atoms with Crippen molar-refractivity contribution in [2.45, 2.75) is 0 Å². The van der Waals surface area contributed by atoms with Crippen molar-refractivity contribution in [2.24, 2.45) is 5.10 Å². The third-order valence-electron chi connectivity index (χ3n) is 2.50. The molecule has 20 heavy (non-hydrogen) atoms. The summed E-state index contributed by atoms with van der Waals surface area (Å²) in [5, 5.41) is 9.52. The fourth-order valence-corrected chi connectivity index (χ4v) is 1.45. The lowest BCUT2D eigenvalue weighted by atomic mass is 10.2. The highest BCUT2D eigenvalue weighted by molar-refractivity contribution is 5.80. The van der Waals surface area contributed by atoms with Crippen LogP contribution in [0.2, 0.25) is 0 Å². The predicted octanol–water partition coefficient (Wildman–Crippen LogP) is -0.0298. The molecular formula is C12H14N6O2. The van der Waals surface area contributed by atoms with Gasteiger partial charge in [0.05, 0.1) is 6.21 Å². The first-order valence-corrected chi connectivity index (χ1v) is 5.82. The van der Waals surface area contributed by atoms with E-state index in [1.807, 2.05) is 48.2 Å². The maximum absolute atomic E-state index is 11.3. The van der Waals surface area contributed by atoms with Crippen LogP contribution in [-0.2, 0) is 0 Å². The van der Waals surface area contributed by atoms with E-state index in [-0.39, 0.29) is 5.82 Å². The van der Waals surface area contributed by atoms with Crippen LogP contribution in [-0.4, -0.2) is 35.5 Å². The number of H-pyrrole nitrogens is 2. The molecule has 0 aliphatic rings. The van der Waals surface area contributed by atoms with Crippen molar-refractivity contribution in [2.75, 3.05) is 24.4 Å². The highest BCUT2D eigenvalue weighted by Gasteiger charge is 1.99. The standard InChI is InChI=1S/C12H14N6O2/c1-18(2)9-5-3-8(4-6-9)7-13-15-10-11(19)14-12(20)17-16-10/h3-7H,1-2H3,(H,15,16)(H2,14,17,19,20)/b13-7+. The van der Waals surface area contributed by atoms with Gasteiger partial charge in [-0.1, -0.05) is 12.1 Å². The molecule has 1 aromatic carbocycles. The summed E-state index contributed by atoms with van der Waals surface area (Å²) in [6.45, 7) is 0. The molecule has 3 N–H and O–H groups in total. The summed E-state index contributed by atoms with van der Waals surface area (Å²) in [4.78, 5) is 26.1. The summed E-state index contributed by atoms with van der Waals surface area (Å²) in [5.41, 5.74) is 3.11. The topological polar surface area (TPSA) is 106 Å². The Labute approximate surface area is 114 Å². The van der Waals surface area contributed by atoms with Gasteiger partial charge in [-0.05, 0) is 17.7 Å². The largest absolute Gasteiger partial charge is 0.378 e. The van der Waals surface area contributed by atoms with E-state index >= 15 is 0 Å². The second kappa shape index (κ2) is 5.83. The van der Waals surface area contributed by atoms with Crippen molar-refractivity contribution in [3.8, 4) is 0 Å². The predicted molar refractivity (Wildman–Crippen MR) is 77.5 cm³/mol. The number of hydrogen-bond acceptors (Lipinski definition) is 6. The zero-order valence-corrected chi connectivity index (χ0v) is 11.0. The smallest absolute Gasteiger partial charge is 0.342 e. The lowest BCUT2D eigenvalue weighted by molar-refractivity contribution is 0.890. The number of aromatic nitrogens is 3. The molecule has 8 nitrogen and oxygen atoms in total. The Morgan fingerprint density at radius 1 is 1.25 bits per heavy atom. The van der Waals surface area contributed by atoms with Gasteiger partial charge in [0.25, 0.3) is 5.56 Å². The highest BCUT2D eigenvalue weighted by atomic mass is 16.2. The van der Waals surface area contributed by atoms with Crippen LogP contribution < -0.4 is 21.6 Å². The molecule has 0 amide bonds. The molecule has 0 aliphatic heterocycles. The maximum atomic E-state index is 11.3. The van der Waals surface area contributed by atoms with Gasteiger partial charge in [0.1, 0.15) is 0 Å². The molecule has 2 rings (SSSR count). The number of hydrogen-bond donors (Lipinski definition) is 3. The van der Waals surface area contributed by atoms with E-state index < -0.39 is 11.2 Å². The molecule has 0 aliphatic carbocycles. The van der Waals surface area contributed by atoms with Gasteiger partial charge in [0, 0.05) is 19.8 Å². The van der Waals surface area contributed by atoms with Crippen molar-refractivity contribution in [1.29, 1.82) is 0 Å². The van der Waals surface area contributed by atoms with Crippen molar-refractivity contribution in [3.05, 3.63) is 50.7 Å². The molecule has 1 heterocycles. The number of anilines is 2. The first-order chi connectivity index (χ1) is 9.56. The molecule has 104 valence electrons. The minimum absolute atomic E-state index is 0.0780. The third-order valence-corrected chi connectivity index (χ3v) is 2.50. The molecule has 0 saturated heterocycles. The number of aromatic amines is 2. The summed E-state index contributed by atoms with van der Waals surface area (Å²) in [5.74, 6) is -0.0780. The van der Waals surface area contributed by atoms with Crippen LogP contribution in [0.25, 0.3) is 0 Å². The zero-order valence-electron chi connectivity index (χ0n) is 11.0. The van der Waals surface area contributed by atoms with Gasteiger partial charge in [0.2, 0.25) is 5.82 Å². The van der Waals surface area contributed by atoms with E-state index in [0.717, 1.165) is 11.3 Å². The fraction of sp³-hybridized carbons (Fsp3) is 0.167. The average molecular weight is 274 g/mol. The number of benzene rings is 1. The van der Waals surface area contributed by atoms with E-state index in [0.29, 0.717) is 0 Å². The number of hydrazone groups is 1. The van der Waals surface area contributed by atoms with Crippen LogP contribution >= 0.6 is 0 Å². The lowest BCUT2D eigenvalue weighted by Gasteiger charge is -2.11. The molecule has 1 aromatic heterocycles. The van der Waals surface area contributed by atoms with Crippen LogP contribution in [0.5, 0.6) is 0 Å². The van der Waals surface area contributed by atoms with Crippen LogP contribution in [0, 0.1) is 0 Å². The number of rotatable bonds is 4. The van der Waals surface area contributed by atoms with Crippen LogP contribution in [0.15, 0.2) is 39.0 Å². The molecule has 0 unspecified atom stereocenters. The number of nitrogens with zero attached hydrogens (tertiary/aromatic N) is 3. The van der Waals surface area contributed by atoms with E-state index in [1.165, 1.54) is 0 Å². The Morgan fingerprint density at radius 3 is 2.55 bits per heavy atom.